The fraction of sp³-hybridized carbons (Fsp3) is 0.364. The molecule has 29 heavy (non-hydrogen) atoms. The van der Waals surface area contributed by atoms with Crippen molar-refractivity contribution in [3.05, 3.63) is 60.4 Å². The Balaban J connectivity index is 1.45. The third-order valence-electron chi connectivity index (χ3n) is 4.99. The van der Waals surface area contributed by atoms with Gasteiger partial charge < -0.3 is 19.9 Å². The minimum atomic E-state index is -0.499. The van der Waals surface area contributed by atoms with Crippen molar-refractivity contribution >= 4 is 17.5 Å². The molecular weight excluding hydrogens is 373 g/mol. The summed E-state index contributed by atoms with van der Waals surface area (Å²) >= 11 is 0. The number of hydrogen-bond acceptors (Lipinski definition) is 3. The van der Waals surface area contributed by atoms with Gasteiger partial charge in [-0.2, -0.15) is 0 Å². The monoisotopic (exact) mass is 400 g/mol. The van der Waals surface area contributed by atoms with Crippen LogP contribution in [-0.2, 0) is 9.59 Å². The molecule has 7 heteroatoms. The van der Waals surface area contributed by atoms with E-state index in [-0.39, 0.29) is 17.6 Å². The van der Waals surface area contributed by atoms with Gasteiger partial charge in [0.1, 0.15) is 11.6 Å². The molecule has 0 bridgehead atoms. The number of piperazine rings is 1. The van der Waals surface area contributed by atoms with Crippen LogP contribution < -0.4 is 15.0 Å². The smallest absolute Gasteiger partial charge is 0.279 e. The minimum absolute atomic E-state index is 0.00818. The Hall–Kier alpha value is -2.93. The van der Waals surface area contributed by atoms with E-state index in [9.17, 15) is 14.0 Å². The first-order chi connectivity index (χ1) is 14.0. The quantitative estimate of drug-likeness (QED) is 0.738. The molecule has 1 saturated heterocycles. The molecule has 2 N–H and O–H groups in total. The predicted molar refractivity (Wildman–Crippen MR) is 108 cm³/mol. The van der Waals surface area contributed by atoms with E-state index >= 15 is 0 Å². The molecule has 0 aliphatic carbocycles. The third kappa shape index (κ3) is 6.02. The first kappa shape index (κ1) is 20.8. The zero-order valence-corrected chi connectivity index (χ0v) is 16.6. The highest BCUT2D eigenvalue weighted by molar-refractivity contribution is 5.91. The summed E-state index contributed by atoms with van der Waals surface area (Å²) in [4.78, 5) is 28.0. The van der Waals surface area contributed by atoms with Gasteiger partial charge in [0, 0.05) is 5.69 Å². The lowest BCUT2D eigenvalue weighted by Gasteiger charge is -2.33. The molecule has 1 aliphatic heterocycles. The highest BCUT2D eigenvalue weighted by atomic mass is 19.1. The van der Waals surface area contributed by atoms with Crippen LogP contribution in [0.25, 0.3) is 0 Å². The van der Waals surface area contributed by atoms with E-state index < -0.39 is 6.10 Å². The highest BCUT2D eigenvalue weighted by Gasteiger charge is 2.30. The van der Waals surface area contributed by atoms with Crippen molar-refractivity contribution in [2.75, 3.05) is 38.0 Å². The van der Waals surface area contributed by atoms with Gasteiger partial charge in [-0.25, -0.2) is 4.39 Å². The molecule has 6 nitrogen and oxygen atoms in total. The molecule has 0 saturated carbocycles. The number of quaternary nitrogens is 1. The number of hydrogen-bond donors (Lipinski definition) is 2. The summed E-state index contributed by atoms with van der Waals surface area (Å²) < 4.78 is 18.8. The average molecular weight is 400 g/mol. The fourth-order valence-electron chi connectivity index (χ4n) is 3.36. The maximum absolute atomic E-state index is 12.9. The van der Waals surface area contributed by atoms with E-state index in [1.807, 2.05) is 42.2 Å². The second-order valence-corrected chi connectivity index (χ2v) is 7.13. The van der Waals surface area contributed by atoms with E-state index in [1.54, 1.807) is 0 Å². The van der Waals surface area contributed by atoms with Crippen molar-refractivity contribution < 1.29 is 23.6 Å². The molecule has 1 fully saturated rings. The number of halogens is 1. The molecule has 1 atom stereocenters. The number of ether oxygens (including phenoxy) is 1. The number of para-hydroxylation sites is 1. The topological polar surface area (TPSA) is 63.1 Å². The molecule has 154 valence electrons. The van der Waals surface area contributed by atoms with Crippen LogP contribution in [0.1, 0.15) is 13.3 Å². The van der Waals surface area contributed by atoms with E-state index in [1.165, 1.54) is 24.3 Å². The van der Waals surface area contributed by atoms with Crippen LogP contribution in [0.5, 0.6) is 5.75 Å². The summed E-state index contributed by atoms with van der Waals surface area (Å²) in [5.41, 5.74) is 0.577. The number of amides is 2. The normalized spacial score (nSPS) is 15.6. The van der Waals surface area contributed by atoms with E-state index in [4.69, 9.17) is 4.74 Å². The van der Waals surface area contributed by atoms with E-state index in [0.29, 0.717) is 50.6 Å². The number of nitrogens with zero attached hydrogens (tertiary/aromatic N) is 1. The van der Waals surface area contributed by atoms with Gasteiger partial charge in [0.15, 0.2) is 12.6 Å². The molecule has 2 amide bonds. The Morgan fingerprint density at radius 1 is 1.10 bits per heavy atom. The van der Waals surface area contributed by atoms with E-state index in [0.717, 1.165) is 4.90 Å². The van der Waals surface area contributed by atoms with Gasteiger partial charge in [0.2, 0.25) is 0 Å². The first-order valence-electron chi connectivity index (χ1n) is 9.94. The zero-order valence-electron chi connectivity index (χ0n) is 16.6. The Kier molecular flexibility index (Phi) is 7.19. The molecule has 2 aromatic rings. The van der Waals surface area contributed by atoms with Crippen molar-refractivity contribution in [1.29, 1.82) is 0 Å². The maximum atomic E-state index is 12.9. The number of rotatable bonds is 7. The SMILES string of the molecule is CC[C@H](Oc1ccccc1)C(=O)N1CC[NH+](CC(=O)Nc2ccc(F)cc2)CC1. The lowest BCUT2D eigenvalue weighted by atomic mass is 10.2. The van der Waals surface area contributed by atoms with Crippen molar-refractivity contribution in [1.82, 2.24) is 4.90 Å². The predicted octanol–water partition coefficient (Wildman–Crippen LogP) is 1.35. The van der Waals surface area contributed by atoms with Crippen LogP contribution >= 0.6 is 0 Å². The van der Waals surface area contributed by atoms with Crippen molar-refractivity contribution in [2.45, 2.75) is 19.4 Å². The molecule has 0 aromatic heterocycles. The van der Waals surface area contributed by atoms with Crippen LogP contribution in [0.4, 0.5) is 10.1 Å². The van der Waals surface area contributed by atoms with Gasteiger partial charge in [0.05, 0.1) is 26.2 Å². The lowest BCUT2D eigenvalue weighted by Crippen LogP contribution is -3.15. The summed E-state index contributed by atoms with van der Waals surface area (Å²) in [6.45, 7) is 4.83. The summed E-state index contributed by atoms with van der Waals surface area (Å²) in [7, 11) is 0. The van der Waals surface area contributed by atoms with Gasteiger partial charge in [0.25, 0.3) is 11.8 Å². The van der Waals surface area contributed by atoms with Crippen LogP contribution in [0, 0.1) is 5.82 Å². The molecule has 0 unspecified atom stereocenters. The number of nitrogens with one attached hydrogen (secondary N) is 2. The van der Waals surface area contributed by atoms with Gasteiger partial charge in [-0.05, 0) is 42.8 Å². The summed E-state index contributed by atoms with van der Waals surface area (Å²) in [5, 5.41) is 2.78. The molecule has 2 aromatic carbocycles. The summed E-state index contributed by atoms with van der Waals surface area (Å²) in [6, 6.07) is 15.1. The molecule has 1 heterocycles. The van der Waals surface area contributed by atoms with Gasteiger partial charge in [-0.15, -0.1) is 0 Å². The minimum Gasteiger partial charge on any atom is -0.481 e. The van der Waals surface area contributed by atoms with Crippen LogP contribution in [-0.4, -0.2) is 55.5 Å². The Morgan fingerprint density at radius 3 is 2.38 bits per heavy atom. The van der Waals surface area contributed by atoms with Crippen LogP contribution in [0.2, 0.25) is 0 Å². The number of benzene rings is 2. The Bertz CT molecular complexity index is 806. The Labute approximate surface area is 170 Å². The fourth-order valence-corrected chi connectivity index (χ4v) is 3.36. The molecule has 0 radical (unpaired) electrons. The summed E-state index contributed by atoms with van der Waals surface area (Å²) in [6.07, 6.45) is 0.0988. The third-order valence-corrected chi connectivity index (χ3v) is 4.99. The first-order valence-corrected chi connectivity index (χ1v) is 9.94. The van der Waals surface area contributed by atoms with Crippen LogP contribution in [0.15, 0.2) is 54.6 Å². The molecule has 3 rings (SSSR count). The van der Waals surface area contributed by atoms with Crippen molar-refractivity contribution in [3.8, 4) is 5.75 Å². The lowest BCUT2D eigenvalue weighted by molar-refractivity contribution is -0.895. The number of anilines is 1. The standard InChI is InChI=1S/C22H26FN3O3/c1-2-20(29-19-6-4-3-5-7-19)22(28)26-14-12-25(13-15-26)16-21(27)24-18-10-8-17(23)9-11-18/h3-11,20H,2,12-16H2,1H3,(H,24,27)/p+1/t20-/m0/s1. The van der Waals surface area contributed by atoms with Crippen molar-refractivity contribution in [3.63, 3.8) is 0 Å². The van der Waals surface area contributed by atoms with Gasteiger partial charge in [-0.3, -0.25) is 9.59 Å². The van der Waals surface area contributed by atoms with Gasteiger partial charge >= 0.3 is 0 Å². The maximum Gasteiger partial charge on any atom is 0.279 e. The summed E-state index contributed by atoms with van der Waals surface area (Å²) in [5.74, 6) is 0.224. The second kappa shape index (κ2) is 10.0. The molecular formula is C22H27FN3O3+. The zero-order chi connectivity index (χ0) is 20.6. The number of carbonyl (C=O) groups excluding carboxylic acids is 2. The van der Waals surface area contributed by atoms with E-state index in [2.05, 4.69) is 5.32 Å². The van der Waals surface area contributed by atoms with Crippen LogP contribution in [0.3, 0.4) is 0 Å². The molecule has 1 aliphatic rings. The van der Waals surface area contributed by atoms with Gasteiger partial charge in [-0.1, -0.05) is 25.1 Å². The Morgan fingerprint density at radius 2 is 1.76 bits per heavy atom. The largest absolute Gasteiger partial charge is 0.481 e. The van der Waals surface area contributed by atoms with Crippen molar-refractivity contribution in [2.24, 2.45) is 0 Å². The second-order valence-electron chi connectivity index (χ2n) is 7.13. The highest BCUT2D eigenvalue weighted by Crippen LogP contribution is 2.14. The molecule has 0 spiro atoms. The average Bonchev–Trinajstić information content (AvgIpc) is 2.74. The number of carbonyl (C=O) groups is 2.